The molecule has 18 heavy (non-hydrogen) atoms. The van der Waals surface area contributed by atoms with Crippen LogP contribution >= 0.6 is 11.3 Å². The van der Waals surface area contributed by atoms with E-state index >= 15 is 0 Å². The maximum Gasteiger partial charge on any atom is 0.228 e. The number of benzene rings is 1. The minimum atomic E-state index is 0.0821. The third kappa shape index (κ3) is 1.94. The fourth-order valence-electron chi connectivity index (χ4n) is 2.39. The molecule has 3 rings (SSSR count). The first-order valence-corrected chi connectivity index (χ1v) is 6.84. The summed E-state index contributed by atoms with van der Waals surface area (Å²) in [6.07, 6.45) is 0.489. The van der Waals surface area contributed by atoms with E-state index in [0.717, 1.165) is 11.3 Å². The quantitative estimate of drug-likeness (QED) is 0.888. The lowest BCUT2D eigenvalue weighted by atomic mass is 9.98. The number of amides is 1. The zero-order valence-electron chi connectivity index (χ0n) is 10.1. The van der Waals surface area contributed by atoms with Crippen LogP contribution in [-0.4, -0.2) is 13.0 Å². The smallest absolute Gasteiger partial charge is 0.228 e. The Morgan fingerprint density at radius 3 is 2.94 bits per heavy atom. The van der Waals surface area contributed by atoms with Gasteiger partial charge in [-0.2, -0.15) is 11.3 Å². The Balaban J connectivity index is 1.97. The highest BCUT2D eigenvalue weighted by atomic mass is 32.1. The molecule has 3 nitrogen and oxygen atoms in total. The lowest BCUT2D eigenvalue weighted by Crippen LogP contribution is -2.17. The maximum atomic E-state index is 11.4. The molecule has 1 aliphatic rings. The van der Waals surface area contributed by atoms with E-state index in [0.29, 0.717) is 6.42 Å². The van der Waals surface area contributed by atoms with E-state index in [1.807, 2.05) is 13.1 Å². The van der Waals surface area contributed by atoms with Crippen LogP contribution in [0, 0.1) is 0 Å². The summed E-state index contributed by atoms with van der Waals surface area (Å²) in [6.45, 7) is 0. The molecule has 2 aromatic rings. The van der Waals surface area contributed by atoms with Crippen molar-refractivity contribution in [2.45, 2.75) is 12.5 Å². The lowest BCUT2D eigenvalue weighted by molar-refractivity contribution is -0.115. The molecule has 0 fully saturated rings. The summed E-state index contributed by atoms with van der Waals surface area (Å²) in [4.78, 5) is 11.4. The second kappa shape index (κ2) is 4.55. The standard InChI is InChI=1S/C14H14N2OS/c1-15-14(10-4-5-18-8-10)9-2-3-12-11(6-9)7-13(17)16-12/h2-6,8,14-15H,7H2,1H3,(H,16,17). The molecule has 1 aliphatic heterocycles. The monoisotopic (exact) mass is 258 g/mol. The summed E-state index contributed by atoms with van der Waals surface area (Å²) in [5, 5.41) is 10.4. The van der Waals surface area contributed by atoms with Crippen molar-refractivity contribution in [3.8, 4) is 0 Å². The van der Waals surface area contributed by atoms with Crippen LogP contribution in [-0.2, 0) is 11.2 Å². The maximum absolute atomic E-state index is 11.4. The van der Waals surface area contributed by atoms with Gasteiger partial charge in [-0.15, -0.1) is 0 Å². The van der Waals surface area contributed by atoms with E-state index < -0.39 is 0 Å². The predicted octanol–water partition coefficient (Wildman–Crippen LogP) is 2.55. The third-order valence-electron chi connectivity index (χ3n) is 3.25. The Labute approximate surface area is 110 Å². The first-order chi connectivity index (χ1) is 8.78. The van der Waals surface area contributed by atoms with E-state index in [-0.39, 0.29) is 11.9 Å². The Hall–Kier alpha value is -1.65. The van der Waals surface area contributed by atoms with Gasteiger partial charge in [0.25, 0.3) is 0 Å². The van der Waals surface area contributed by atoms with Crippen molar-refractivity contribution in [2.75, 3.05) is 12.4 Å². The summed E-state index contributed by atoms with van der Waals surface area (Å²) in [5.41, 5.74) is 4.50. The lowest BCUT2D eigenvalue weighted by Gasteiger charge is -2.16. The van der Waals surface area contributed by atoms with Crippen molar-refractivity contribution in [3.63, 3.8) is 0 Å². The zero-order chi connectivity index (χ0) is 12.5. The van der Waals surface area contributed by atoms with Gasteiger partial charge in [0.2, 0.25) is 5.91 Å². The number of nitrogens with one attached hydrogen (secondary N) is 2. The third-order valence-corrected chi connectivity index (χ3v) is 3.95. The molecule has 1 atom stereocenters. The summed E-state index contributed by atoms with van der Waals surface area (Å²) in [7, 11) is 1.96. The van der Waals surface area contributed by atoms with Crippen molar-refractivity contribution in [2.24, 2.45) is 0 Å². The molecule has 0 spiro atoms. The SMILES string of the molecule is CNC(c1ccsc1)c1ccc2c(c1)CC(=O)N2. The average Bonchev–Trinajstić information content (AvgIpc) is 2.97. The number of thiophene rings is 1. The molecule has 1 amide bonds. The Kier molecular flexibility index (Phi) is 2.89. The molecule has 4 heteroatoms. The molecular formula is C14H14N2OS. The van der Waals surface area contributed by atoms with Gasteiger partial charge in [0.15, 0.2) is 0 Å². The normalized spacial score (nSPS) is 15.3. The average molecular weight is 258 g/mol. The van der Waals surface area contributed by atoms with Crippen LogP contribution in [0.3, 0.4) is 0 Å². The number of rotatable bonds is 3. The second-order valence-corrected chi connectivity index (χ2v) is 5.20. The Morgan fingerprint density at radius 2 is 2.22 bits per heavy atom. The van der Waals surface area contributed by atoms with Crippen molar-refractivity contribution in [1.82, 2.24) is 5.32 Å². The predicted molar refractivity (Wildman–Crippen MR) is 74.0 cm³/mol. The highest BCUT2D eigenvalue weighted by Crippen LogP contribution is 2.29. The molecule has 0 saturated heterocycles. The number of hydrogen-bond acceptors (Lipinski definition) is 3. The first-order valence-electron chi connectivity index (χ1n) is 5.90. The molecule has 2 N–H and O–H groups in total. The van der Waals surface area contributed by atoms with Gasteiger partial charge in [-0.3, -0.25) is 4.79 Å². The van der Waals surface area contributed by atoms with Crippen LogP contribution < -0.4 is 10.6 Å². The molecule has 0 bridgehead atoms. The number of anilines is 1. The first kappa shape index (κ1) is 11.4. The van der Waals surface area contributed by atoms with Crippen molar-refractivity contribution < 1.29 is 4.79 Å². The van der Waals surface area contributed by atoms with Crippen molar-refractivity contribution >= 4 is 22.9 Å². The summed E-state index contributed by atoms with van der Waals surface area (Å²) >= 11 is 1.70. The molecule has 1 aromatic heterocycles. The van der Waals surface area contributed by atoms with Crippen LogP contribution in [0.1, 0.15) is 22.7 Å². The van der Waals surface area contributed by atoms with E-state index in [4.69, 9.17) is 0 Å². The van der Waals surface area contributed by atoms with Crippen molar-refractivity contribution in [1.29, 1.82) is 0 Å². The van der Waals surface area contributed by atoms with Gasteiger partial charge < -0.3 is 10.6 Å². The zero-order valence-corrected chi connectivity index (χ0v) is 10.9. The highest BCUT2D eigenvalue weighted by molar-refractivity contribution is 7.08. The summed E-state index contributed by atoms with van der Waals surface area (Å²) < 4.78 is 0. The van der Waals surface area contributed by atoms with Gasteiger partial charge in [0.1, 0.15) is 0 Å². The van der Waals surface area contributed by atoms with E-state index in [1.165, 1.54) is 11.1 Å². The van der Waals surface area contributed by atoms with Crippen LogP contribution in [0.2, 0.25) is 0 Å². The largest absolute Gasteiger partial charge is 0.326 e. The van der Waals surface area contributed by atoms with Gasteiger partial charge in [-0.1, -0.05) is 12.1 Å². The van der Waals surface area contributed by atoms with Crippen LogP contribution in [0.25, 0.3) is 0 Å². The van der Waals surface area contributed by atoms with Gasteiger partial charge in [0, 0.05) is 5.69 Å². The molecular weight excluding hydrogens is 244 g/mol. The molecule has 1 unspecified atom stereocenters. The molecule has 2 heterocycles. The van der Waals surface area contributed by atoms with Gasteiger partial charge in [-0.05, 0) is 46.6 Å². The minimum Gasteiger partial charge on any atom is -0.326 e. The van der Waals surface area contributed by atoms with Crippen LogP contribution in [0.4, 0.5) is 5.69 Å². The van der Waals surface area contributed by atoms with E-state index in [2.05, 4.69) is 39.6 Å². The van der Waals surface area contributed by atoms with Gasteiger partial charge in [-0.25, -0.2) is 0 Å². The number of carbonyl (C=O) groups is 1. The Bertz CT molecular complexity index is 577. The fourth-order valence-corrected chi connectivity index (χ4v) is 3.08. The number of carbonyl (C=O) groups excluding carboxylic acids is 1. The summed E-state index contributed by atoms with van der Waals surface area (Å²) in [5.74, 6) is 0.0821. The van der Waals surface area contributed by atoms with Crippen molar-refractivity contribution in [3.05, 3.63) is 51.7 Å². The molecule has 92 valence electrons. The molecule has 0 radical (unpaired) electrons. The molecule has 0 saturated carbocycles. The summed E-state index contributed by atoms with van der Waals surface area (Å²) in [6, 6.07) is 8.50. The molecule has 1 aromatic carbocycles. The fraction of sp³-hybridized carbons (Fsp3) is 0.214. The Morgan fingerprint density at radius 1 is 1.33 bits per heavy atom. The van der Waals surface area contributed by atoms with Gasteiger partial charge in [0.05, 0.1) is 12.5 Å². The number of fused-ring (bicyclic) bond motifs is 1. The second-order valence-electron chi connectivity index (χ2n) is 4.42. The van der Waals surface area contributed by atoms with Crippen LogP contribution in [0.15, 0.2) is 35.0 Å². The highest BCUT2D eigenvalue weighted by Gasteiger charge is 2.20. The minimum absolute atomic E-state index is 0.0821. The topological polar surface area (TPSA) is 41.1 Å². The van der Waals surface area contributed by atoms with E-state index in [1.54, 1.807) is 11.3 Å². The molecule has 0 aliphatic carbocycles. The van der Waals surface area contributed by atoms with Gasteiger partial charge >= 0.3 is 0 Å². The van der Waals surface area contributed by atoms with Crippen LogP contribution in [0.5, 0.6) is 0 Å². The van der Waals surface area contributed by atoms with E-state index in [9.17, 15) is 4.79 Å². The number of hydrogen-bond donors (Lipinski definition) is 2.